The topological polar surface area (TPSA) is 55.4 Å². The number of hydrogen-bond donors (Lipinski definition) is 1. The van der Waals surface area contributed by atoms with Crippen LogP contribution in [0.2, 0.25) is 0 Å². The molecule has 0 saturated carbocycles. The highest BCUT2D eigenvalue weighted by Gasteiger charge is 2.12. The van der Waals surface area contributed by atoms with E-state index in [-0.39, 0.29) is 18.0 Å². The Kier molecular flexibility index (Phi) is 4.98. The Labute approximate surface area is 125 Å². The molecule has 0 fully saturated rings. The van der Waals surface area contributed by atoms with Gasteiger partial charge in [-0.2, -0.15) is 0 Å². The van der Waals surface area contributed by atoms with Crippen molar-refractivity contribution in [3.05, 3.63) is 59.7 Å². The van der Waals surface area contributed by atoms with Gasteiger partial charge in [0.1, 0.15) is 12.4 Å². The molecule has 0 aliphatic carbocycles. The highest BCUT2D eigenvalue weighted by molar-refractivity contribution is 7.89. The minimum Gasteiger partial charge on any atom is -0.492 e. The number of nitrogens with one attached hydrogen (secondary N) is 1. The lowest BCUT2D eigenvalue weighted by Crippen LogP contribution is -2.28. The van der Waals surface area contributed by atoms with E-state index in [9.17, 15) is 8.42 Å². The normalized spacial score (nSPS) is 11.3. The van der Waals surface area contributed by atoms with Crippen LogP contribution in [0.5, 0.6) is 5.75 Å². The van der Waals surface area contributed by atoms with Gasteiger partial charge in [0.15, 0.2) is 0 Å². The van der Waals surface area contributed by atoms with Crippen LogP contribution in [0, 0.1) is 13.8 Å². The average molecular weight is 305 g/mol. The molecule has 0 unspecified atom stereocenters. The number of benzene rings is 2. The van der Waals surface area contributed by atoms with E-state index in [2.05, 4.69) is 4.72 Å². The largest absolute Gasteiger partial charge is 0.492 e. The Morgan fingerprint density at radius 1 is 0.952 bits per heavy atom. The Morgan fingerprint density at radius 2 is 1.57 bits per heavy atom. The van der Waals surface area contributed by atoms with Crippen LogP contribution in [-0.4, -0.2) is 21.6 Å². The number of rotatable bonds is 6. The molecule has 2 aromatic carbocycles. The van der Waals surface area contributed by atoms with E-state index in [1.54, 1.807) is 30.3 Å². The molecule has 2 aromatic rings. The lowest BCUT2D eigenvalue weighted by atomic mass is 10.1. The van der Waals surface area contributed by atoms with Gasteiger partial charge >= 0.3 is 0 Å². The highest BCUT2D eigenvalue weighted by Crippen LogP contribution is 2.21. The number of sulfonamides is 1. The Balaban J connectivity index is 1.91. The van der Waals surface area contributed by atoms with Crippen molar-refractivity contribution < 1.29 is 13.2 Å². The molecule has 0 radical (unpaired) electrons. The maximum Gasteiger partial charge on any atom is 0.240 e. The van der Waals surface area contributed by atoms with Crippen molar-refractivity contribution >= 4 is 10.0 Å². The van der Waals surface area contributed by atoms with Crippen LogP contribution in [0.25, 0.3) is 0 Å². The van der Waals surface area contributed by atoms with Gasteiger partial charge in [0.2, 0.25) is 10.0 Å². The lowest BCUT2D eigenvalue weighted by Gasteiger charge is -2.12. The van der Waals surface area contributed by atoms with Gasteiger partial charge in [0.05, 0.1) is 4.90 Å². The van der Waals surface area contributed by atoms with Gasteiger partial charge in [0, 0.05) is 6.54 Å². The second-order valence-electron chi connectivity index (χ2n) is 4.78. The van der Waals surface area contributed by atoms with Crippen molar-refractivity contribution in [2.24, 2.45) is 0 Å². The summed E-state index contributed by atoms with van der Waals surface area (Å²) in [4.78, 5) is 0.261. The lowest BCUT2D eigenvalue weighted by molar-refractivity contribution is 0.318. The van der Waals surface area contributed by atoms with Crippen molar-refractivity contribution in [1.82, 2.24) is 4.72 Å². The van der Waals surface area contributed by atoms with Gasteiger partial charge < -0.3 is 4.74 Å². The Bertz CT molecular complexity index is 676. The predicted octanol–water partition coefficient (Wildman–Crippen LogP) is 2.66. The molecule has 0 bridgehead atoms. The van der Waals surface area contributed by atoms with Crippen LogP contribution in [-0.2, 0) is 10.0 Å². The molecule has 0 heterocycles. The fraction of sp³-hybridized carbons (Fsp3) is 0.250. The maximum absolute atomic E-state index is 12.0. The van der Waals surface area contributed by atoms with E-state index in [0.29, 0.717) is 0 Å². The van der Waals surface area contributed by atoms with Crippen molar-refractivity contribution in [2.75, 3.05) is 13.2 Å². The Hall–Kier alpha value is -1.85. The van der Waals surface area contributed by atoms with Crippen molar-refractivity contribution in [3.63, 3.8) is 0 Å². The highest BCUT2D eigenvalue weighted by atomic mass is 32.2. The van der Waals surface area contributed by atoms with Crippen LogP contribution in [0.15, 0.2) is 53.4 Å². The predicted molar refractivity (Wildman–Crippen MR) is 83.0 cm³/mol. The third-order valence-corrected chi connectivity index (χ3v) is 4.58. The van der Waals surface area contributed by atoms with E-state index in [1.165, 1.54) is 0 Å². The van der Waals surface area contributed by atoms with Crippen molar-refractivity contribution in [1.29, 1.82) is 0 Å². The molecule has 112 valence electrons. The van der Waals surface area contributed by atoms with E-state index in [0.717, 1.165) is 16.9 Å². The minimum atomic E-state index is -3.46. The fourth-order valence-corrected chi connectivity index (χ4v) is 3.07. The Morgan fingerprint density at radius 3 is 2.19 bits per heavy atom. The second kappa shape index (κ2) is 6.74. The average Bonchev–Trinajstić information content (AvgIpc) is 2.47. The molecular formula is C16H19NO3S. The standard InChI is InChI=1S/C16H19NO3S/c1-13-7-6-8-14(2)16(13)20-12-11-17-21(18,19)15-9-4-3-5-10-15/h3-10,17H,11-12H2,1-2H3. The summed E-state index contributed by atoms with van der Waals surface area (Å²) < 4.78 is 32.2. The van der Waals surface area contributed by atoms with E-state index in [1.807, 2.05) is 32.0 Å². The van der Waals surface area contributed by atoms with Crippen LogP contribution in [0.1, 0.15) is 11.1 Å². The first-order valence-corrected chi connectivity index (χ1v) is 8.23. The first-order chi connectivity index (χ1) is 10.0. The zero-order valence-corrected chi connectivity index (χ0v) is 13.0. The third kappa shape index (κ3) is 4.06. The molecule has 2 rings (SSSR count). The van der Waals surface area contributed by atoms with Gasteiger partial charge in [-0.25, -0.2) is 13.1 Å². The van der Waals surface area contributed by atoms with Crippen molar-refractivity contribution in [2.45, 2.75) is 18.7 Å². The van der Waals surface area contributed by atoms with E-state index < -0.39 is 10.0 Å². The zero-order valence-electron chi connectivity index (χ0n) is 12.2. The van der Waals surface area contributed by atoms with Gasteiger partial charge in [-0.05, 0) is 37.1 Å². The first kappa shape index (κ1) is 15.5. The molecule has 0 saturated heterocycles. The fourth-order valence-electron chi connectivity index (χ4n) is 2.04. The SMILES string of the molecule is Cc1cccc(C)c1OCCNS(=O)(=O)c1ccccc1. The summed E-state index contributed by atoms with van der Waals surface area (Å²) in [7, 11) is -3.46. The molecule has 0 aromatic heterocycles. The van der Waals surface area contributed by atoms with E-state index >= 15 is 0 Å². The molecule has 5 heteroatoms. The first-order valence-electron chi connectivity index (χ1n) is 6.74. The van der Waals surface area contributed by atoms with Crippen LogP contribution in [0.4, 0.5) is 0 Å². The van der Waals surface area contributed by atoms with Gasteiger partial charge in [0.25, 0.3) is 0 Å². The molecule has 0 spiro atoms. The number of aryl methyl sites for hydroxylation is 2. The molecule has 0 aliphatic heterocycles. The molecule has 0 atom stereocenters. The summed E-state index contributed by atoms with van der Waals surface area (Å²) in [6.45, 7) is 4.45. The second-order valence-corrected chi connectivity index (χ2v) is 6.55. The summed E-state index contributed by atoms with van der Waals surface area (Å²) in [5.41, 5.74) is 2.09. The van der Waals surface area contributed by atoms with E-state index in [4.69, 9.17) is 4.74 Å². The summed E-state index contributed by atoms with van der Waals surface area (Å²) in [6.07, 6.45) is 0. The van der Waals surface area contributed by atoms with Crippen LogP contribution in [0.3, 0.4) is 0 Å². The monoisotopic (exact) mass is 305 g/mol. The molecule has 0 amide bonds. The molecule has 1 N–H and O–H groups in total. The van der Waals surface area contributed by atoms with Gasteiger partial charge in [-0.3, -0.25) is 0 Å². The zero-order chi connectivity index (χ0) is 15.3. The quantitative estimate of drug-likeness (QED) is 0.835. The number of ether oxygens (including phenoxy) is 1. The summed E-state index contributed by atoms with van der Waals surface area (Å²) >= 11 is 0. The molecule has 21 heavy (non-hydrogen) atoms. The smallest absolute Gasteiger partial charge is 0.240 e. The minimum absolute atomic E-state index is 0.227. The van der Waals surface area contributed by atoms with Gasteiger partial charge in [-0.1, -0.05) is 36.4 Å². The summed E-state index contributed by atoms with van der Waals surface area (Å²) in [5, 5.41) is 0. The molecule has 0 aliphatic rings. The maximum atomic E-state index is 12.0. The molecular weight excluding hydrogens is 286 g/mol. The molecule has 4 nitrogen and oxygen atoms in total. The van der Waals surface area contributed by atoms with Crippen LogP contribution < -0.4 is 9.46 Å². The number of para-hydroxylation sites is 1. The van der Waals surface area contributed by atoms with Crippen LogP contribution >= 0.6 is 0 Å². The van der Waals surface area contributed by atoms with Gasteiger partial charge in [-0.15, -0.1) is 0 Å². The summed E-state index contributed by atoms with van der Waals surface area (Å²) in [5.74, 6) is 0.816. The van der Waals surface area contributed by atoms with Crippen molar-refractivity contribution in [3.8, 4) is 5.75 Å². The number of hydrogen-bond acceptors (Lipinski definition) is 3. The third-order valence-electron chi connectivity index (χ3n) is 3.10. The summed E-state index contributed by atoms with van der Waals surface area (Å²) in [6, 6.07) is 14.2.